The fourth-order valence-corrected chi connectivity index (χ4v) is 5.36. The molecular weight excluding hydrogens is 529 g/mol. The number of halogens is 3. The Morgan fingerprint density at radius 3 is 2.32 bits per heavy atom. The lowest BCUT2D eigenvalue weighted by atomic mass is 9.92. The van der Waals surface area contributed by atoms with E-state index in [4.69, 9.17) is 0 Å². The van der Waals surface area contributed by atoms with Gasteiger partial charge in [-0.2, -0.15) is 13.2 Å². The van der Waals surface area contributed by atoms with Crippen molar-refractivity contribution in [3.8, 4) is 11.1 Å². The van der Waals surface area contributed by atoms with Crippen molar-refractivity contribution in [1.29, 1.82) is 0 Å². The number of rotatable bonds is 9. The van der Waals surface area contributed by atoms with Crippen LogP contribution in [0, 0.1) is 6.92 Å². The number of nitrogens with one attached hydrogen (secondary N) is 1. The second-order valence-corrected chi connectivity index (χ2v) is 11.4. The predicted octanol–water partition coefficient (Wildman–Crippen LogP) is 5.43. The van der Waals surface area contributed by atoms with Gasteiger partial charge < -0.3 is 10.4 Å². The average Bonchev–Trinajstić information content (AvgIpc) is 2.90. The summed E-state index contributed by atoms with van der Waals surface area (Å²) in [5, 5.41) is 13.0. The monoisotopic (exact) mass is 568 g/mol. The molecule has 0 radical (unpaired) electrons. The zero-order chi connectivity index (χ0) is 29.8. The molecule has 1 aliphatic rings. The van der Waals surface area contributed by atoms with Crippen LogP contribution in [0.5, 0.6) is 0 Å². The molecule has 1 unspecified atom stereocenters. The highest BCUT2D eigenvalue weighted by molar-refractivity contribution is 5.76. The number of aryl methyl sites for hydroxylation is 1. The van der Waals surface area contributed by atoms with Crippen LogP contribution in [0.4, 0.5) is 13.2 Å². The van der Waals surface area contributed by atoms with Crippen LogP contribution < -0.4 is 5.32 Å². The molecule has 1 aromatic heterocycles. The van der Waals surface area contributed by atoms with Gasteiger partial charge in [0.2, 0.25) is 5.91 Å². The first-order chi connectivity index (χ1) is 19.3. The molecule has 1 saturated heterocycles. The summed E-state index contributed by atoms with van der Waals surface area (Å²) in [6.07, 6.45) is -0.753. The van der Waals surface area contributed by atoms with Crippen LogP contribution in [-0.2, 0) is 23.5 Å². The zero-order valence-corrected chi connectivity index (χ0v) is 24.1. The topological polar surface area (TPSA) is 68.7 Å². The molecule has 6 nitrogen and oxygen atoms in total. The van der Waals surface area contributed by atoms with Gasteiger partial charge in [-0.05, 0) is 73.2 Å². The van der Waals surface area contributed by atoms with Crippen molar-refractivity contribution in [3.63, 3.8) is 0 Å². The van der Waals surface area contributed by atoms with Crippen LogP contribution in [0.1, 0.15) is 49.4 Å². The Hall–Kier alpha value is -3.27. The van der Waals surface area contributed by atoms with Crippen molar-refractivity contribution in [1.82, 2.24) is 20.1 Å². The molecule has 2 heterocycles. The van der Waals surface area contributed by atoms with Gasteiger partial charge in [0.05, 0.1) is 0 Å². The number of nitrogens with zero attached hydrogens (tertiary/aromatic N) is 3. The number of hydrogen-bond acceptors (Lipinski definition) is 5. The molecule has 9 heteroatoms. The van der Waals surface area contributed by atoms with E-state index in [2.05, 4.69) is 26.2 Å². The smallest absolute Gasteiger partial charge is 0.376 e. The molecule has 220 valence electrons. The first kappa shape index (κ1) is 30.7. The molecule has 1 fully saturated rings. The molecule has 0 saturated carbocycles. The highest BCUT2D eigenvalue weighted by Crippen LogP contribution is 2.39. The summed E-state index contributed by atoms with van der Waals surface area (Å²) in [6.45, 7) is 10.7. The van der Waals surface area contributed by atoms with Crippen LogP contribution in [-0.4, -0.2) is 63.7 Å². The maximum atomic E-state index is 13.2. The SMILES string of the molecule is Cc1cc(CN2CCN(Cc3ccncc3)C[C@H]2CC(=O)NC(C)C)ccc1-c1ccc(C(C)(O)C(F)(F)F)cc1. The van der Waals surface area contributed by atoms with E-state index in [1.165, 1.54) is 17.7 Å². The van der Waals surface area contributed by atoms with Crippen molar-refractivity contribution in [2.24, 2.45) is 0 Å². The number of amides is 1. The standard InChI is InChI=1S/C32H39F3N4O2/c1-22(2)37-30(40)18-28-21-38(19-24-11-13-36-14-12-24)15-16-39(28)20-25-5-10-29(23(3)17-25)26-6-8-27(9-7-26)31(4,41)32(33,34)35/h5-14,17,22,28,41H,15-16,18-21H2,1-4H3,(H,37,40)/t28-,31?/m1/s1. The molecule has 0 aliphatic carbocycles. The van der Waals surface area contributed by atoms with Crippen LogP contribution >= 0.6 is 0 Å². The fraction of sp³-hybridized carbons (Fsp3) is 0.438. The Bertz CT molecular complexity index is 1310. The quantitative estimate of drug-likeness (QED) is 0.361. The normalized spacial score (nSPS) is 18.3. The minimum Gasteiger partial charge on any atom is -0.376 e. The van der Waals surface area contributed by atoms with Gasteiger partial charge in [0.1, 0.15) is 0 Å². The molecule has 3 aromatic rings. The summed E-state index contributed by atoms with van der Waals surface area (Å²) in [5.41, 5.74) is 1.91. The van der Waals surface area contributed by atoms with Gasteiger partial charge >= 0.3 is 6.18 Å². The third kappa shape index (κ3) is 7.72. The number of benzene rings is 2. The summed E-state index contributed by atoms with van der Waals surface area (Å²) in [7, 11) is 0. The van der Waals surface area contributed by atoms with Gasteiger partial charge in [-0.3, -0.25) is 19.6 Å². The minimum absolute atomic E-state index is 0.0419. The van der Waals surface area contributed by atoms with Crippen LogP contribution in [0.2, 0.25) is 0 Å². The van der Waals surface area contributed by atoms with Gasteiger partial charge in [-0.15, -0.1) is 0 Å². The molecule has 41 heavy (non-hydrogen) atoms. The van der Waals surface area contributed by atoms with E-state index in [1.807, 2.05) is 45.0 Å². The van der Waals surface area contributed by atoms with Gasteiger partial charge in [0.25, 0.3) is 0 Å². The van der Waals surface area contributed by atoms with Crippen molar-refractivity contribution < 1.29 is 23.1 Å². The zero-order valence-electron chi connectivity index (χ0n) is 24.1. The number of piperazine rings is 1. The number of aliphatic hydroxyl groups is 1. The Morgan fingerprint density at radius 1 is 1.02 bits per heavy atom. The Morgan fingerprint density at radius 2 is 1.71 bits per heavy atom. The Kier molecular flexibility index (Phi) is 9.51. The van der Waals surface area contributed by atoms with E-state index in [-0.39, 0.29) is 23.6 Å². The maximum Gasteiger partial charge on any atom is 0.421 e. The number of carbonyl (C=O) groups is 1. The highest BCUT2D eigenvalue weighted by Gasteiger charge is 2.51. The largest absolute Gasteiger partial charge is 0.421 e. The highest BCUT2D eigenvalue weighted by atomic mass is 19.4. The molecular formula is C32H39F3N4O2. The number of hydrogen-bond donors (Lipinski definition) is 2. The molecule has 0 bridgehead atoms. The molecule has 0 spiro atoms. The van der Waals surface area contributed by atoms with E-state index < -0.39 is 11.8 Å². The van der Waals surface area contributed by atoms with E-state index in [1.54, 1.807) is 24.5 Å². The summed E-state index contributed by atoms with van der Waals surface area (Å²) in [6, 6.07) is 16.2. The van der Waals surface area contributed by atoms with Crippen molar-refractivity contribution in [2.45, 2.75) is 71.1 Å². The molecule has 2 aromatic carbocycles. The van der Waals surface area contributed by atoms with Crippen molar-refractivity contribution in [2.75, 3.05) is 19.6 Å². The third-order valence-electron chi connectivity index (χ3n) is 7.70. The number of carbonyl (C=O) groups excluding carboxylic acids is 1. The summed E-state index contributed by atoms with van der Waals surface area (Å²) < 4.78 is 39.7. The molecule has 2 N–H and O–H groups in total. The fourth-order valence-electron chi connectivity index (χ4n) is 5.36. The van der Waals surface area contributed by atoms with Gasteiger partial charge in [0, 0.05) is 63.6 Å². The second-order valence-electron chi connectivity index (χ2n) is 11.4. The van der Waals surface area contributed by atoms with E-state index in [9.17, 15) is 23.1 Å². The first-order valence-corrected chi connectivity index (χ1v) is 14.0. The lowest BCUT2D eigenvalue weighted by molar-refractivity contribution is -0.258. The Labute approximate surface area is 240 Å². The van der Waals surface area contributed by atoms with E-state index >= 15 is 0 Å². The molecule has 1 amide bonds. The number of pyridine rings is 1. The predicted molar refractivity (Wildman–Crippen MR) is 154 cm³/mol. The van der Waals surface area contributed by atoms with Gasteiger partial charge in [0.15, 0.2) is 5.60 Å². The molecule has 2 atom stereocenters. The Balaban J connectivity index is 1.48. The van der Waals surface area contributed by atoms with Crippen LogP contribution in [0.3, 0.4) is 0 Å². The molecule has 1 aliphatic heterocycles. The second kappa shape index (κ2) is 12.7. The maximum absolute atomic E-state index is 13.2. The summed E-state index contributed by atoms with van der Waals surface area (Å²) in [4.78, 5) is 21.6. The lowest BCUT2D eigenvalue weighted by Crippen LogP contribution is -2.53. The minimum atomic E-state index is -4.76. The van der Waals surface area contributed by atoms with Crippen LogP contribution in [0.15, 0.2) is 67.0 Å². The summed E-state index contributed by atoms with van der Waals surface area (Å²) >= 11 is 0. The number of alkyl halides is 3. The van der Waals surface area contributed by atoms with Gasteiger partial charge in [-0.1, -0.05) is 42.5 Å². The van der Waals surface area contributed by atoms with E-state index in [0.717, 1.165) is 55.4 Å². The lowest BCUT2D eigenvalue weighted by Gasteiger charge is -2.41. The first-order valence-electron chi connectivity index (χ1n) is 14.0. The van der Waals surface area contributed by atoms with Gasteiger partial charge in [-0.25, -0.2) is 0 Å². The van der Waals surface area contributed by atoms with Crippen molar-refractivity contribution in [3.05, 3.63) is 89.2 Å². The number of aromatic nitrogens is 1. The average molecular weight is 569 g/mol. The van der Waals surface area contributed by atoms with Crippen LogP contribution in [0.25, 0.3) is 11.1 Å². The molecule has 4 rings (SSSR count). The third-order valence-corrected chi connectivity index (χ3v) is 7.70. The van der Waals surface area contributed by atoms with E-state index in [0.29, 0.717) is 13.0 Å². The summed E-state index contributed by atoms with van der Waals surface area (Å²) in [5.74, 6) is 0.0419. The van der Waals surface area contributed by atoms with Crippen molar-refractivity contribution >= 4 is 5.91 Å².